The molecule has 1 atom stereocenters. The Morgan fingerprint density at radius 2 is 1.97 bits per heavy atom. The maximum atomic E-state index is 13.4. The predicted molar refractivity (Wildman–Crippen MR) is 131 cm³/mol. The topological polar surface area (TPSA) is 132 Å². The van der Waals surface area contributed by atoms with E-state index in [0.29, 0.717) is 24.1 Å². The minimum atomic E-state index is -0.812. The van der Waals surface area contributed by atoms with Gasteiger partial charge < -0.3 is 20.4 Å². The van der Waals surface area contributed by atoms with E-state index < -0.39 is 23.3 Å². The molecule has 0 bridgehead atoms. The number of benzene rings is 1. The number of hydrogen-bond acceptors (Lipinski definition) is 7. The SMILES string of the molecule is CCn1cc(C(=O)NN2CCOC(C(N)=O)C2)c(=O)c2cc(NC3Cc4ccccc4C3)cnc21. The summed E-state index contributed by atoms with van der Waals surface area (Å²) in [4.78, 5) is 42.4. The third-order valence-corrected chi connectivity index (χ3v) is 6.56. The van der Waals surface area contributed by atoms with Crippen molar-refractivity contribution in [2.75, 3.05) is 25.0 Å². The molecule has 2 amide bonds. The quantitative estimate of drug-likeness (QED) is 0.480. The van der Waals surface area contributed by atoms with Gasteiger partial charge in [-0.05, 0) is 37.0 Å². The van der Waals surface area contributed by atoms with Crippen molar-refractivity contribution < 1.29 is 14.3 Å². The summed E-state index contributed by atoms with van der Waals surface area (Å²) in [5, 5.41) is 5.42. The van der Waals surface area contributed by atoms with E-state index in [-0.39, 0.29) is 24.8 Å². The first-order valence-corrected chi connectivity index (χ1v) is 11.8. The lowest BCUT2D eigenvalue weighted by molar-refractivity contribution is -0.136. The van der Waals surface area contributed by atoms with Crippen LogP contribution in [-0.2, 0) is 28.9 Å². The molecule has 0 saturated carbocycles. The maximum absolute atomic E-state index is 13.4. The molecule has 3 heterocycles. The number of nitrogens with two attached hydrogens (primary N) is 1. The van der Waals surface area contributed by atoms with Crippen LogP contribution in [0.1, 0.15) is 28.4 Å². The lowest BCUT2D eigenvalue weighted by atomic mass is 10.1. The van der Waals surface area contributed by atoms with Gasteiger partial charge in [0.25, 0.3) is 5.91 Å². The van der Waals surface area contributed by atoms with Crippen LogP contribution in [0.2, 0.25) is 0 Å². The van der Waals surface area contributed by atoms with E-state index >= 15 is 0 Å². The van der Waals surface area contributed by atoms with Crippen molar-refractivity contribution in [3.8, 4) is 0 Å². The predicted octanol–water partition coefficient (Wildman–Crippen LogP) is 0.827. The second-order valence-electron chi connectivity index (χ2n) is 8.92. The summed E-state index contributed by atoms with van der Waals surface area (Å²) in [5.41, 5.74) is 11.6. The van der Waals surface area contributed by atoms with Crippen molar-refractivity contribution >= 4 is 28.5 Å². The van der Waals surface area contributed by atoms with E-state index in [2.05, 4.69) is 27.9 Å². The molecule has 1 fully saturated rings. The van der Waals surface area contributed by atoms with E-state index in [1.54, 1.807) is 21.8 Å². The minimum absolute atomic E-state index is 0.00804. The van der Waals surface area contributed by atoms with Gasteiger partial charge in [0, 0.05) is 25.3 Å². The Bertz CT molecular complexity index is 1330. The van der Waals surface area contributed by atoms with Crippen molar-refractivity contribution in [2.45, 2.75) is 38.5 Å². The molecule has 1 unspecified atom stereocenters. The van der Waals surface area contributed by atoms with Gasteiger partial charge in [-0.3, -0.25) is 19.8 Å². The first-order valence-electron chi connectivity index (χ1n) is 11.8. The van der Waals surface area contributed by atoms with E-state index in [0.717, 1.165) is 18.5 Å². The maximum Gasteiger partial charge on any atom is 0.271 e. The van der Waals surface area contributed by atoms with Gasteiger partial charge in [0.15, 0.2) is 6.10 Å². The highest BCUT2D eigenvalue weighted by Crippen LogP contribution is 2.25. The zero-order valence-electron chi connectivity index (χ0n) is 19.5. The molecular weight excluding hydrogens is 448 g/mol. The second-order valence-corrected chi connectivity index (χ2v) is 8.92. The number of aryl methyl sites for hydroxylation is 1. The summed E-state index contributed by atoms with van der Waals surface area (Å²) in [7, 11) is 0. The minimum Gasteiger partial charge on any atom is -0.380 e. The van der Waals surface area contributed by atoms with Gasteiger partial charge >= 0.3 is 0 Å². The van der Waals surface area contributed by atoms with Crippen LogP contribution in [0.15, 0.2) is 47.5 Å². The highest BCUT2D eigenvalue weighted by molar-refractivity contribution is 5.97. The Labute approximate surface area is 202 Å². The second kappa shape index (κ2) is 9.47. The summed E-state index contributed by atoms with van der Waals surface area (Å²) < 4.78 is 7.10. The number of primary amides is 1. The Balaban J connectivity index is 1.40. The van der Waals surface area contributed by atoms with Crippen LogP contribution >= 0.6 is 0 Å². The molecular formula is C25H28N6O4. The summed E-state index contributed by atoms with van der Waals surface area (Å²) >= 11 is 0. The molecule has 35 heavy (non-hydrogen) atoms. The van der Waals surface area contributed by atoms with Crippen LogP contribution in [0, 0.1) is 0 Å². The number of anilines is 1. The number of hydrazine groups is 1. The number of morpholine rings is 1. The van der Waals surface area contributed by atoms with Gasteiger partial charge in [-0.25, -0.2) is 9.99 Å². The molecule has 1 aliphatic heterocycles. The molecule has 182 valence electrons. The van der Waals surface area contributed by atoms with Crippen LogP contribution in [-0.4, -0.2) is 58.2 Å². The number of carbonyl (C=O) groups is 2. The van der Waals surface area contributed by atoms with E-state index in [1.165, 1.54) is 17.3 Å². The number of aromatic nitrogens is 2. The van der Waals surface area contributed by atoms with Gasteiger partial charge in [-0.1, -0.05) is 24.3 Å². The van der Waals surface area contributed by atoms with Crippen molar-refractivity contribution in [1.29, 1.82) is 0 Å². The number of nitrogens with one attached hydrogen (secondary N) is 2. The van der Waals surface area contributed by atoms with Crippen LogP contribution in [0.4, 0.5) is 5.69 Å². The van der Waals surface area contributed by atoms with Crippen LogP contribution in [0.25, 0.3) is 11.0 Å². The average Bonchev–Trinajstić information content (AvgIpc) is 3.27. The molecule has 3 aromatic rings. The van der Waals surface area contributed by atoms with Crippen LogP contribution < -0.4 is 21.9 Å². The normalized spacial score (nSPS) is 18.4. The number of amides is 2. The Morgan fingerprint density at radius 3 is 2.66 bits per heavy atom. The summed E-state index contributed by atoms with van der Waals surface area (Å²) in [6.07, 6.45) is 4.25. The largest absolute Gasteiger partial charge is 0.380 e. The van der Waals surface area contributed by atoms with Gasteiger partial charge in [-0.2, -0.15) is 0 Å². The van der Waals surface area contributed by atoms with Gasteiger partial charge in [0.05, 0.1) is 30.4 Å². The highest BCUT2D eigenvalue weighted by Gasteiger charge is 2.27. The molecule has 1 aliphatic carbocycles. The monoisotopic (exact) mass is 476 g/mol. The lowest BCUT2D eigenvalue weighted by Crippen LogP contribution is -2.55. The average molecular weight is 477 g/mol. The molecule has 1 saturated heterocycles. The van der Waals surface area contributed by atoms with E-state index in [9.17, 15) is 14.4 Å². The molecule has 0 radical (unpaired) electrons. The zero-order valence-corrected chi connectivity index (χ0v) is 19.5. The Hall–Kier alpha value is -3.76. The fourth-order valence-electron chi connectivity index (χ4n) is 4.78. The molecule has 2 aliphatic rings. The van der Waals surface area contributed by atoms with Crippen LogP contribution in [0.3, 0.4) is 0 Å². The molecule has 5 rings (SSSR count). The molecule has 0 spiro atoms. The van der Waals surface area contributed by atoms with Crippen molar-refractivity contribution in [1.82, 2.24) is 20.0 Å². The molecule has 4 N–H and O–H groups in total. The van der Waals surface area contributed by atoms with Gasteiger partial charge in [0.2, 0.25) is 11.3 Å². The van der Waals surface area contributed by atoms with E-state index in [4.69, 9.17) is 10.5 Å². The summed E-state index contributed by atoms with van der Waals surface area (Å²) in [6.45, 7) is 3.21. The number of carbonyl (C=O) groups excluding carboxylic acids is 2. The third kappa shape index (κ3) is 4.62. The number of ether oxygens (including phenoxy) is 1. The number of fused-ring (bicyclic) bond motifs is 2. The molecule has 10 heteroatoms. The lowest BCUT2D eigenvalue weighted by Gasteiger charge is -2.31. The fraction of sp³-hybridized carbons (Fsp3) is 0.360. The number of nitrogens with zero attached hydrogens (tertiary/aromatic N) is 3. The molecule has 1 aromatic carbocycles. The highest BCUT2D eigenvalue weighted by atomic mass is 16.5. The van der Waals surface area contributed by atoms with Crippen molar-refractivity contribution in [2.24, 2.45) is 5.73 Å². The number of rotatable bonds is 6. The smallest absolute Gasteiger partial charge is 0.271 e. The van der Waals surface area contributed by atoms with E-state index in [1.807, 2.05) is 19.1 Å². The number of pyridine rings is 2. The van der Waals surface area contributed by atoms with Crippen LogP contribution in [0.5, 0.6) is 0 Å². The van der Waals surface area contributed by atoms with Crippen molar-refractivity contribution in [3.05, 3.63) is 69.6 Å². The Morgan fingerprint density at radius 1 is 1.23 bits per heavy atom. The van der Waals surface area contributed by atoms with Gasteiger partial charge in [-0.15, -0.1) is 0 Å². The third-order valence-electron chi connectivity index (χ3n) is 6.56. The molecule has 2 aromatic heterocycles. The first-order chi connectivity index (χ1) is 16.9. The standard InChI is InChI=1S/C25H28N6O4/c1-2-30-13-20(25(34)29-31-7-8-35-21(14-31)23(26)33)22(32)19-11-18(12-27-24(19)30)28-17-9-15-5-3-4-6-16(15)10-17/h3-6,11-13,17,21,28H,2,7-10,14H2,1H3,(H2,26,33)(H,29,34). The molecule has 10 nitrogen and oxygen atoms in total. The van der Waals surface area contributed by atoms with Crippen molar-refractivity contribution in [3.63, 3.8) is 0 Å². The van der Waals surface area contributed by atoms with Gasteiger partial charge in [0.1, 0.15) is 11.2 Å². The zero-order chi connectivity index (χ0) is 24.5. The first kappa shape index (κ1) is 23.0. The fourth-order valence-corrected chi connectivity index (χ4v) is 4.78. The summed E-state index contributed by atoms with van der Waals surface area (Å²) in [6, 6.07) is 10.4. The number of hydrogen-bond donors (Lipinski definition) is 3. The Kier molecular flexibility index (Phi) is 6.23. The summed E-state index contributed by atoms with van der Waals surface area (Å²) in [5.74, 6) is -1.15.